The Morgan fingerprint density at radius 2 is 1.09 bits per heavy atom. The van der Waals surface area contributed by atoms with Crippen LogP contribution in [0, 0.1) is 0 Å². The molecular weight excluding hydrogens is 740 g/mol. The topological polar surface area (TPSA) is 185 Å². The van der Waals surface area contributed by atoms with Crippen LogP contribution in [-0.4, -0.2) is 184 Å². The number of nitrogens with zero attached hydrogens (tertiary/aromatic N) is 4. The Balaban J connectivity index is 1.30. The van der Waals surface area contributed by atoms with Crippen LogP contribution in [0.5, 0.6) is 0 Å². The molecule has 16 heteroatoms. The van der Waals surface area contributed by atoms with Crippen molar-refractivity contribution in [2.75, 3.05) is 113 Å². The summed E-state index contributed by atoms with van der Waals surface area (Å²) >= 11 is 0. The Hall–Kier alpha value is -1.38. The normalized spacial score (nSPS) is 20.2. The van der Waals surface area contributed by atoms with Gasteiger partial charge in [0.2, 0.25) is 0 Å². The summed E-state index contributed by atoms with van der Waals surface area (Å²) in [6.07, 6.45) is 14.9. The summed E-state index contributed by atoms with van der Waals surface area (Å²) in [6.45, 7) is 10.1. The van der Waals surface area contributed by atoms with E-state index >= 15 is 0 Å². The fourth-order valence-electron chi connectivity index (χ4n) is 6.42. The Morgan fingerprint density at radius 1 is 0.596 bits per heavy atom. The maximum atomic E-state index is 9.96. The van der Waals surface area contributed by atoms with Gasteiger partial charge in [-0.05, 0) is 12.8 Å². The fourth-order valence-corrected chi connectivity index (χ4v) is 6.42. The highest BCUT2D eigenvalue weighted by molar-refractivity contribution is 4.90. The zero-order valence-electron chi connectivity index (χ0n) is 35.7. The van der Waals surface area contributed by atoms with Crippen molar-refractivity contribution in [1.29, 1.82) is 0 Å². The second kappa shape index (κ2) is 34.3. The summed E-state index contributed by atoms with van der Waals surface area (Å²) in [7, 11) is 4.60. The predicted octanol–water partition coefficient (Wildman–Crippen LogP) is 3.25. The second-order valence-corrected chi connectivity index (χ2v) is 15.6. The van der Waals surface area contributed by atoms with Crippen molar-refractivity contribution in [1.82, 2.24) is 15.0 Å². The number of unbranched alkanes of at least 4 members (excludes halogenated alkanes) is 13. The molecule has 1 aromatic rings. The van der Waals surface area contributed by atoms with Gasteiger partial charge in [-0.2, -0.15) is 0 Å². The Labute approximate surface area is 343 Å². The van der Waals surface area contributed by atoms with Crippen LogP contribution in [0.4, 0.5) is 0 Å². The van der Waals surface area contributed by atoms with Gasteiger partial charge in [0.25, 0.3) is 0 Å². The van der Waals surface area contributed by atoms with Crippen molar-refractivity contribution < 1.29 is 62.8 Å². The quantitative estimate of drug-likeness (QED) is 0.0559. The molecule has 0 saturated carbocycles. The van der Waals surface area contributed by atoms with E-state index in [0.29, 0.717) is 72.6 Å². The van der Waals surface area contributed by atoms with Gasteiger partial charge >= 0.3 is 0 Å². The highest BCUT2D eigenvalue weighted by Crippen LogP contribution is 2.22. The average Bonchev–Trinajstić information content (AvgIpc) is 3.66. The number of aromatic nitrogens is 3. The molecule has 0 unspecified atom stereocenters. The van der Waals surface area contributed by atoms with E-state index in [4.69, 9.17) is 37.9 Å². The van der Waals surface area contributed by atoms with Gasteiger partial charge in [-0.1, -0.05) is 89.2 Å². The van der Waals surface area contributed by atoms with Gasteiger partial charge in [0, 0.05) is 0 Å². The SMILES string of the molecule is CCCCCCCCCCCCCCCC[N+](C)(C)CCOCCOCCOCCn1cc(COCCOCCOCCO[C@@H]2O[C@H](CO)[C@@H](O)[C@H](O)[C@H]2O)nn1. The summed E-state index contributed by atoms with van der Waals surface area (Å²) in [5.74, 6) is 0. The number of aliphatic hydroxyl groups is 4. The van der Waals surface area contributed by atoms with Crippen LogP contribution in [0.1, 0.15) is 103 Å². The van der Waals surface area contributed by atoms with Crippen molar-refractivity contribution in [3.8, 4) is 0 Å². The third-order valence-corrected chi connectivity index (χ3v) is 10.1. The maximum absolute atomic E-state index is 9.96. The number of likely N-dealkylation sites (N-methyl/N-ethyl adjacent to an activating group) is 1. The molecule has 2 heterocycles. The van der Waals surface area contributed by atoms with E-state index in [9.17, 15) is 20.4 Å². The molecule has 2 rings (SSSR count). The van der Waals surface area contributed by atoms with Gasteiger partial charge in [0.15, 0.2) is 6.29 Å². The predicted molar refractivity (Wildman–Crippen MR) is 216 cm³/mol. The van der Waals surface area contributed by atoms with E-state index in [2.05, 4.69) is 31.3 Å². The first-order valence-electron chi connectivity index (χ1n) is 21.9. The lowest BCUT2D eigenvalue weighted by Gasteiger charge is -2.39. The summed E-state index contributed by atoms with van der Waals surface area (Å²) in [5.41, 5.74) is 0.720. The molecule has 0 spiro atoms. The molecule has 5 atom stereocenters. The first-order valence-corrected chi connectivity index (χ1v) is 21.9. The monoisotopic (exact) mass is 822 g/mol. The minimum Gasteiger partial charge on any atom is -0.394 e. The van der Waals surface area contributed by atoms with E-state index in [1.165, 1.54) is 96.4 Å². The van der Waals surface area contributed by atoms with Crippen molar-refractivity contribution >= 4 is 0 Å². The number of aliphatic hydroxyl groups excluding tert-OH is 4. The lowest BCUT2D eigenvalue weighted by molar-refractivity contribution is -0.891. The molecule has 0 radical (unpaired) electrons. The van der Waals surface area contributed by atoms with Crippen molar-refractivity contribution in [3.05, 3.63) is 11.9 Å². The zero-order valence-corrected chi connectivity index (χ0v) is 35.7. The summed E-state index contributed by atoms with van der Waals surface area (Å²) < 4.78 is 47.0. The molecule has 1 aromatic heterocycles. The highest BCUT2D eigenvalue weighted by Gasteiger charge is 2.43. The van der Waals surface area contributed by atoms with Crippen LogP contribution >= 0.6 is 0 Å². The van der Waals surface area contributed by atoms with Crippen LogP contribution in [0.15, 0.2) is 6.20 Å². The van der Waals surface area contributed by atoms with Crippen molar-refractivity contribution in [2.45, 2.75) is 141 Å². The van der Waals surface area contributed by atoms with E-state index in [1.54, 1.807) is 4.68 Å². The minimum atomic E-state index is -1.47. The lowest BCUT2D eigenvalue weighted by Crippen LogP contribution is -2.59. The number of hydrogen-bond acceptors (Lipinski definition) is 14. The smallest absolute Gasteiger partial charge is 0.186 e. The third-order valence-electron chi connectivity index (χ3n) is 10.1. The molecule has 1 saturated heterocycles. The van der Waals surface area contributed by atoms with Gasteiger partial charge in [-0.25, -0.2) is 4.68 Å². The maximum Gasteiger partial charge on any atom is 0.186 e. The van der Waals surface area contributed by atoms with Gasteiger partial charge in [-0.3, -0.25) is 0 Å². The molecule has 336 valence electrons. The van der Waals surface area contributed by atoms with Crippen LogP contribution in [-0.2, 0) is 51.0 Å². The Kier molecular flexibility index (Phi) is 31.2. The molecule has 0 aliphatic carbocycles. The molecule has 57 heavy (non-hydrogen) atoms. The molecule has 1 fully saturated rings. The molecule has 1 aliphatic heterocycles. The van der Waals surface area contributed by atoms with E-state index < -0.39 is 37.3 Å². The molecule has 1 aliphatic rings. The van der Waals surface area contributed by atoms with E-state index in [0.717, 1.165) is 23.3 Å². The van der Waals surface area contributed by atoms with E-state index in [1.807, 2.05) is 6.20 Å². The van der Waals surface area contributed by atoms with Gasteiger partial charge in [0.05, 0.1) is 126 Å². The van der Waals surface area contributed by atoms with Crippen LogP contribution < -0.4 is 0 Å². The summed E-state index contributed by atoms with van der Waals surface area (Å²) in [6, 6.07) is 0. The van der Waals surface area contributed by atoms with Crippen molar-refractivity contribution in [2.24, 2.45) is 0 Å². The molecular formula is C41H81N4O12+. The Morgan fingerprint density at radius 3 is 1.65 bits per heavy atom. The standard InChI is InChI=1S/C41H81N4O12/c1-4-5-6-7-8-9-10-11-12-13-14-15-16-17-19-45(2,3)20-22-51-24-26-52-25-23-50-21-18-44-33-36(42-43-44)35-55-30-29-53-27-28-54-31-32-56-41-40(49)39(48)38(47)37(34-46)57-41/h33,37-41,46-49H,4-32,34-35H2,1-3H3/q+1/t37-,38-,39+,40-,41-/m1/s1. The van der Waals surface area contributed by atoms with Crippen LogP contribution in [0.25, 0.3) is 0 Å². The first-order chi connectivity index (χ1) is 27.8. The molecule has 0 bridgehead atoms. The van der Waals surface area contributed by atoms with Crippen LogP contribution in [0.3, 0.4) is 0 Å². The first kappa shape index (κ1) is 51.8. The molecule has 0 amide bonds. The summed E-state index contributed by atoms with van der Waals surface area (Å²) in [4.78, 5) is 0. The zero-order chi connectivity index (χ0) is 41.2. The lowest BCUT2D eigenvalue weighted by atomic mass is 9.99. The number of hydrogen-bond donors (Lipinski definition) is 4. The molecule has 16 nitrogen and oxygen atoms in total. The number of ether oxygens (including phenoxy) is 8. The van der Waals surface area contributed by atoms with E-state index in [-0.39, 0.29) is 13.2 Å². The highest BCUT2D eigenvalue weighted by atomic mass is 16.7. The largest absolute Gasteiger partial charge is 0.394 e. The summed E-state index contributed by atoms with van der Waals surface area (Å²) in [5, 5.41) is 47.0. The van der Waals surface area contributed by atoms with Crippen LogP contribution in [0.2, 0.25) is 0 Å². The van der Waals surface area contributed by atoms with Gasteiger partial charge in [-0.15, -0.1) is 5.10 Å². The van der Waals surface area contributed by atoms with Gasteiger partial charge < -0.3 is 62.8 Å². The molecule has 4 N–H and O–H groups in total. The average molecular weight is 822 g/mol. The third kappa shape index (κ3) is 26.4. The Bertz CT molecular complexity index is 1040. The second-order valence-electron chi connectivity index (χ2n) is 15.6. The minimum absolute atomic E-state index is 0.0844. The molecule has 0 aromatic carbocycles. The fraction of sp³-hybridized carbons (Fsp3) is 0.951. The number of quaternary nitrogens is 1. The van der Waals surface area contributed by atoms with Gasteiger partial charge in [0.1, 0.15) is 36.7 Å². The van der Waals surface area contributed by atoms with Crippen molar-refractivity contribution in [3.63, 3.8) is 0 Å². The number of rotatable bonds is 40.